The molecular weight excluding hydrogens is 355 g/mol. The highest BCUT2D eigenvalue weighted by molar-refractivity contribution is 5.74. The molecule has 1 saturated heterocycles. The number of morpholine rings is 1. The van der Waals surface area contributed by atoms with Crippen molar-refractivity contribution in [2.75, 3.05) is 39.4 Å². The van der Waals surface area contributed by atoms with Crippen molar-refractivity contribution in [3.8, 4) is 0 Å². The summed E-state index contributed by atoms with van der Waals surface area (Å²) in [7, 11) is 0. The zero-order valence-corrected chi connectivity index (χ0v) is 15.9. The maximum atomic E-state index is 13.3. The largest absolute Gasteiger partial charge is 0.379 e. The standard InChI is InChI=1S/C22H25FN4O/c23-20-4-1-18(2-5-20)16-27(10-9-26-11-13-28-14-12-26)17-19-3-6-21-22(15-19)25-8-7-24-21/h1-8,15H,9-14,16-17H2. The van der Waals surface area contributed by atoms with E-state index in [1.165, 1.54) is 17.7 Å². The number of nitrogens with zero attached hydrogens (tertiary/aromatic N) is 4. The number of benzene rings is 2. The highest BCUT2D eigenvalue weighted by Gasteiger charge is 2.14. The van der Waals surface area contributed by atoms with Crippen molar-refractivity contribution < 1.29 is 9.13 Å². The maximum Gasteiger partial charge on any atom is 0.123 e. The van der Waals surface area contributed by atoms with Gasteiger partial charge in [-0.15, -0.1) is 0 Å². The summed E-state index contributed by atoms with van der Waals surface area (Å²) in [5, 5.41) is 0. The number of fused-ring (bicyclic) bond motifs is 1. The van der Waals surface area contributed by atoms with E-state index in [0.29, 0.717) is 0 Å². The average molecular weight is 380 g/mol. The SMILES string of the molecule is Fc1ccc(CN(CCN2CCOCC2)Cc2ccc3nccnc3c2)cc1. The zero-order valence-electron chi connectivity index (χ0n) is 15.9. The first-order chi connectivity index (χ1) is 13.8. The molecule has 28 heavy (non-hydrogen) atoms. The van der Waals surface area contributed by atoms with Gasteiger partial charge in [0.1, 0.15) is 5.82 Å². The van der Waals surface area contributed by atoms with Crippen LogP contribution in [-0.2, 0) is 17.8 Å². The summed E-state index contributed by atoms with van der Waals surface area (Å²) in [5.41, 5.74) is 4.14. The molecule has 2 heterocycles. The molecule has 0 unspecified atom stereocenters. The minimum Gasteiger partial charge on any atom is -0.379 e. The lowest BCUT2D eigenvalue weighted by molar-refractivity contribution is 0.0325. The summed E-state index contributed by atoms with van der Waals surface area (Å²) in [6, 6.07) is 13.0. The summed E-state index contributed by atoms with van der Waals surface area (Å²) >= 11 is 0. The Morgan fingerprint density at radius 1 is 0.893 bits per heavy atom. The number of hydrogen-bond acceptors (Lipinski definition) is 5. The molecule has 0 bridgehead atoms. The van der Waals surface area contributed by atoms with Crippen LogP contribution in [0.1, 0.15) is 11.1 Å². The van der Waals surface area contributed by atoms with Crippen molar-refractivity contribution in [1.29, 1.82) is 0 Å². The minimum atomic E-state index is -0.197. The molecule has 0 N–H and O–H groups in total. The molecule has 1 aliphatic heterocycles. The van der Waals surface area contributed by atoms with Crippen molar-refractivity contribution >= 4 is 11.0 Å². The van der Waals surface area contributed by atoms with Gasteiger partial charge in [-0.1, -0.05) is 18.2 Å². The smallest absolute Gasteiger partial charge is 0.123 e. The molecule has 4 rings (SSSR count). The molecule has 0 atom stereocenters. The van der Waals surface area contributed by atoms with Crippen molar-refractivity contribution in [3.05, 3.63) is 71.8 Å². The lowest BCUT2D eigenvalue weighted by Gasteiger charge is -2.30. The van der Waals surface area contributed by atoms with E-state index in [1.54, 1.807) is 12.4 Å². The molecule has 146 valence electrons. The lowest BCUT2D eigenvalue weighted by Crippen LogP contribution is -2.41. The monoisotopic (exact) mass is 380 g/mol. The first-order valence-corrected chi connectivity index (χ1v) is 9.73. The lowest BCUT2D eigenvalue weighted by atomic mass is 10.1. The van der Waals surface area contributed by atoms with Crippen LogP contribution in [0.25, 0.3) is 11.0 Å². The van der Waals surface area contributed by atoms with Crippen molar-refractivity contribution in [1.82, 2.24) is 19.8 Å². The number of ether oxygens (including phenoxy) is 1. The normalized spacial score (nSPS) is 15.4. The fraction of sp³-hybridized carbons (Fsp3) is 0.364. The summed E-state index contributed by atoms with van der Waals surface area (Å²) in [5.74, 6) is -0.197. The molecule has 0 radical (unpaired) electrons. The summed E-state index contributed by atoms with van der Waals surface area (Å²) in [4.78, 5) is 13.6. The molecular formula is C22H25FN4O. The third-order valence-electron chi connectivity index (χ3n) is 5.10. The molecule has 1 fully saturated rings. The zero-order chi connectivity index (χ0) is 19.2. The van der Waals surface area contributed by atoms with Crippen LogP contribution in [0.2, 0.25) is 0 Å². The molecule has 1 aliphatic rings. The Labute approximate surface area is 164 Å². The molecule has 3 aromatic rings. The topological polar surface area (TPSA) is 41.5 Å². The van der Waals surface area contributed by atoms with Crippen LogP contribution in [0.15, 0.2) is 54.9 Å². The van der Waals surface area contributed by atoms with Gasteiger partial charge < -0.3 is 4.74 Å². The fourth-order valence-corrected chi connectivity index (χ4v) is 3.54. The van der Waals surface area contributed by atoms with Crippen molar-refractivity contribution in [2.45, 2.75) is 13.1 Å². The second kappa shape index (κ2) is 9.19. The van der Waals surface area contributed by atoms with Gasteiger partial charge >= 0.3 is 0 Å². The molecule has 0 amide bonds. The molecule has 0 saturated carbocycles. The number of rotatable bonds is 7. The number of halogens is 1. The number of hydrogen-bond donors (Lipinski definition) is 0. The van der Waals surface area contributed by atoms with Gasteiger partial charge in [-0.25, -0.2) is 4.39 Å². The Morgan fingerprint density at radius 3 is 2.36 bits per heavy atom. The Morgan fingerprint density at radius 2 is 1.57 bits per heavy atom. The molecule has 0 aliphatic carbocycles. The van der Waals surface area contributed by atoms with Gasteiger partial charge in [0.05, 0.1) is 24.2 Å². The average Bonchev–Trinajstić information content (AvgIpc) is 2.74. The van der Waals surface area contributed by atoms with Gasteiger partial charge in [0.25, 0.3) is 0 Å². The molecule has 5 nitrogen and oxygen atoms in total. The highest BCUT2D eigenvalue weighted by atomic mass is 19.1. The maximum absolute atomic E-state index is 13.3. The predicted octanol–water partition coefficient (Wildman–Crippen LogP) is 3.10. The second-order valence-corrected chi connectivity index (χ2v) is 7.17. The third-order valence-corrected chi connectivity index (χ3v) is 5.10. The molecule has 1 aromatic heterocycles. The third kappa shape index (κ3) is 5.10. The minimum absolute atomic E-state index is 0.197. The van der Waals surface area contributed by atoms with E-state index in [2.05, 4.69) is 31.9 Å². The first kappa shape index (κ1) is 18.9. The van der Waals surface area contributed by atoms with Crippen LogP contribution >= 0.6 is 0 Å². The van der Waals surface area contributed by atoms with Gasteiger partial charge in [0, 0.05) is 51.7 Å². The van der Waals surface area contributed by atoms with Gasteiger partial charge in [0.2, 0.25) is 0 Å². The number of aromatic nitrogens is 2. The second-order valence-electron chi connectivity index (χ2n) is 7.17. The van der Waals surface area contributed by atoms with Crippen molar-refractivity contribution in [3.63, 3.8) is 0 Å². The van der Waals surface area contributed by atoms with Crippen LogP contribution < -0.4 is 0 Å². The van der Waals surface area contributed by atoms with Gasteiger partial charge in [-0.05, 0) is 35.4 Å². The summed E-state index contributed by atoms with van der Waals surface area (Å²) in [6.45, 7) is 7.11. The highest BCUT2D eigenvalue weighted by Crippen LogP contribution is 2.15. The van der Waals surface area contributed by atoms with E-state index < -0.39 is 0 Å². The van der Waals surface area contributed by atoms with Crippen LogP contribution in [-0.4, -0.2) is 59.2 Å². The van der Waals surface area contributed by atoms with E-state index >= 15 is 0 Å². The van der Waals surface area contributed by atoms with E-state index in [9.17, 15) is 4.39 Å². The van der Waals surface area contributed by atoms with E-state index in [4.69, 9.17) is 4.74 Å². The van der Waals surface area contributed by atoms with Crippen LogP contribution in [0.5, 0.6) is 0 Å². The molecule has 6 heteroatoms. The molecule has 2 aromatic carbocycles. The van der Waals surface area contributed by atoms with Crippen LogP contribution in [0.4, 0.5) is 4.39 Å². The van der Waals surface area contributed by atoms with E-state index in [0.717, 1.165) is 69.1 Å². The Kier molecular flexibility index (Phi) is 6.21. The predicted molar refractivity (Wildman–Crippen MR) is 107 cm³/mol. The first-order valence-electron chi connectivity index (χ1n) is 9.73. The Hall–Kier alpha value is -2.41. The Bertz CT molecular complexity index is 896. The van der Waals surface area contributed by atoms with Crippen LogP contribution in [0.3, 0.4) is 0 Å². The van der Waals surface area contributed by atoms with E-state index in [1.807, 2.05) is 18.2 Å². The van der Waals surface area contributed by atoms with E-state index in [-0.39, 0.29) is 5.82 Å². The quantitative estimate of drug-likeness (QED) is 0.630. The van der Waals surface area contributed by atoms with Gasteiger partial charge in [-0.2, -0.15) is 0 Å². The van der Waals surface area contributed by atoms with Gasteiger partial charge in [-0.3, -0.25) is 19.8 Å². The fourth-order valence-electron chi connectivity index (χ4n) is 3.54. The summed E-state index contributed by atoms with van der Waals surface area (Å²) in [6.07, 6.45) is 3.44. The van der Waals surface area contributed by atoms with Gasteiger partial charge in [0.15, 0.2) is 0 Å². The summed E-state index contributed by atoms with van der Waals surface area (Å²) < 4.78 is 18.7. The molecule has 0 spiro atoms. The Balaban J connectivity index is 1.47. The van der Waals surface area contributed by atoms with Crippen LogP contribution in [0, 0.1) is 5.82 Å². The van der Waals surface area contributed by atoms with Crippen molar-refractivity contribution in [2.24, 2.45) is 0 Å².